The molecule has 2 aliphatic carbocycles. The zero-order chi connectivity index (χ0) is 26.0. The number of hydrogen-bond donors (Lipinski definition) is 0. The van der Waals surface area contributed by atoms with Gasteiger partial charge in [0.2, 0.25) is 0 Å². The van der Waals surface area contributed by atoms with Crippen LogP contribution >= 0.6 is 0 Å². The molecule has 2 aromatic rings. The molecule has 0 radical (unpaired) electrons. The van der Waals surface area contributed by atoms with E-state index in [1.807, 2.05) is 13.0 Å². The molecule has 3 nitrogen and oxygen atoms in total. The standard InChI is InChI=1S/C33H41FO3/c1-3-5-24-6-8-25(9-7-24)10-11-26-12-14-27(15-13-26)28-16-21-31(32(34)23-28)33(35)37-30-19-17-29(18-20-30)36-22-4-2/h10-11,14,16-21,23-26H,3-9,12-13,15,22H2,1-2H3. The molecule has 0 N–H and O–H groups in total. The first-order valence-corrected chi connectivity index (χ1v) is 14.2. The first-order valence-electron chi connectivity index (χ1n) is 14.2. The number of hydrogen-bond acceptors (Lipinski definition) is 3. The first-order chi connectivity index (χ1) is 18.1. The Morgan fingerprint density at radius 2 is 1.65 bits per heavy atom. The third-order valence-electron chi connectivity index (χ3n) is 7.76. The number of carbonyl (C=O) groups excluding carboxylic acids is 1. The number of benzene rings is 2. The van der Waals surface area contributed by atoms with Gasteiger partial charge in [-0.15, -0.1) is 0 Å². The van der Waals surface area contributed by atoms with Crippen LogP contribution in [0.4, 0.5) is 4.39 Å². The molecule has 1 unspecified atom stereocenters. The Morgan fingerprint density at radius 1 is 0.919 bits per heavy atom. The maximum atomic E-state index is 14.9. The van der Waals surface area contributed by atoms with Crippen LogP contribution in [0.25, 0.3) is 5.57 Å². The fourth-order valence-electron chi connectivity index (χ4n) is 5.55. The zero-order valence-electron chi connectivity index (χ0n) is 22.4. The largest absolute Gasteiger partial charge is 0.494 e. The van der Waals surface area contributed by atoms with Crippen molar-refractivity contribution >= 4 is 11.5 Å². The summed E-state index contributed by atoms with van der Waals surface area (Å²) in [5.41, 5.74) is 1.95. The van der Waals surface area contributed by atoms with Crippen LogP contribution in [-0.4, -0.2) is 12.6 Å². The highest BCUT2D eigenvalue weighted by molar-refractivity contribution is 5.91. The summed E-state index contributed by atoms with van der Waals surface area (Å²) in [7, 11) is 0. The lowest BCUT2D eigenvalue weighted by atomic mass is 9.79. The minimum absolute atomic E-state index is 0.0547. The zero-order valence-corrected chi connectivity index (χ0v) is 22.4. The molecule has 0 amide bonds. The van der Waals surface area contributed by atoms with Crippen LogP contribution in [0.5, 0.6) is 11.5 Å². The van der Waals surface area contributed by atoms with Gasteiger partial charge in [-0.2, -0.15) is 0 Å². The Morgan fingerprint density at radius 3 is 2.30 bits per heavy atom. The minimum atomic E-state index is -0.696. The van der Waals surface area contributed by atoms with E-state index in [-0.39, 0.29) is 5.56 Å². The average molecular weight is 505 g/mol. The van der Waals surface area contributed by atoms with E-state index >= 15 is 0 Å². The Kier molecular flexibility index (Phi) is 9.99. The number of carbonyl (C=O) groups is 1. The highest BCUT2D eigenvalue weighted by Gasteiger charge is 2.21. The van der Waals surface area contributed by atoms with Crippen molar-refractivity contribution in [1.82, 2.24) is 0 Å². The van der Waals surface area contributed by atoms with E-state index in [9.17, 15) is 9.18 Å². The third kappa shape index (κ3) is 7.80. The molecular weight excluding hydrogens is 463 g/mol. The molecule has 0 bridgehead atoms. The van der Waals surface area contributed by atoms with Crippen molar-refractivity contribution in [1.29, 1.82) is 0 Å². The van der Waals surface area contributed by atoms with E-state index in [0.717, 1.165) is 48.7 Å². The maximum absolute atomic E-state index is 14.9. The van der Waals surface area contributed by atoms with E-state index < -0.39 is 11.8 Å². The fourth-order valence-corrected chi connectivity index (χ4v) is 5.55. The summed E-state index contributed by atoms with van der Waals surface area (Å²) in [6, 6.07) is 11.6. The predicted molar refractivity (Wildman–Crippen MR) is 148 cm³/mol. The van der Waals surface area contributed by atoms with Gasteiger partial charge in [0, 0.05) is 0 Å². The molecule has 2 aromatic carbocycles. The Hall–Kier alpha value is -2.88. The number of allylic oxidation sites excluding steroid dienone is 4. The van der Waals surface area contributed by atoms with Crippen LogP contribution in [0.15, 0.2) is 60.7 Å². The Bertz CT molecular complexity index is 1080. The second-order valence-electron chi connectivity index (χ2n) is 10.6. The molecule has 1 fully saturated rings. The van der Waals surface area contributed by atoms with Crippen molar-refractivity contribution in [2.75, 3.05) is 6.61 Å². The Labute approximate surface area is 221 Å². The lowest BCUT2D eigenvalue weighted by Gasteiger charge is -2.27. The molecule has 37 heavy (non-hydrogen) atoms. The van der Waals surface area contributed by atoms with Gasteiger partial charge in [0.25, 0.3) is 0 Å². The number of esters is 1. The maximum Gasteiger partial charge on any atom is 0.346 e. The van der Waals surface area contributed by atoms with Crippen molar-refractivity contribution in [2.24, 2.45) is 17.8 Å². The molecule has 0 spiro atoms. The predicted octanol–water partition coefficient (Wildman–Crippen LogP) is 9.18. The van der Waals surface area contributed by atoms with Crippen molar-refractivity contribution in [3.8, 4) is 11.5 Å². The highest BCUT2D eigenvalue weighted by Crippen LogP contribution is 2.35. The number of ether oxygens (including phenoxy) is 2. The second-order valence-corrected chi connectivity index (χ2v) is 10.6. The van der Waals surface area contributed by atoms with Crippen molar-refractivity contribution in [3.63, 3.8) is 0 Å². The molecule has 0 aromatic heterocycles. The molecule has 4 rings (SSSR count). The van der Waals surface area contributed by atoms with Gasteiger partial charge < -0.3 is 9.47 Å². The lowest BCUT2D eigenvalue weighted by molar-refractivity contribution is 0.0729. The normalized spacial score (nSPS) is 22.0. The molecule has 1 saturated carbocycles. The van der Waals surface area contributed by atoms with Crippen LogP contribution in [0.1, 0.15) is 94.0 Å². The molecule has 0 saturated heterocycles. The van der Waals surface area contributed by atoms with Crippen LogP contribution in [0.3, 0.4) is 0 Å². The second kappa shape index (κ2) is 13.6. The van der Waals surface area contributed by atoms with Crippen LogP contribution in [0.2, 0.25) is 0 Å². The van der Waals surface area contributed by atoms with Crippen molar-refractivity contribution < 1.29 is 18.7 Å². The fraction of sp³-hybridized carbons (Fsp3) is 0.485. The molecule has 1 atom stereocenters. The topological polar surface area (TPSA) is 35.5 Å². The monoisotopic (exact) mass is 504 g/mol. The van der Waals surface area contributed by atoms with Gasteiger partial charge in [-0.1, -0.05) is 51.0 Å². The van der Waals surface area contributed by atoms with Crippen molar-refractivity contribution in [3.05, 3.63) is 77.6 Å². The summed E-state index contributed by atoms with van der Waals surface area (Å²) >= 11 is 0. The van der Waals surface area contributed by atoms with E-state index in [2.05, 4.69) is 25.2 Å². The molecule has 0 aliphatic heterocycles. The van der Waals surface area contributed by atoms with Crippen LogP contribution in [0, 0.1) is 23.6 Å². The van der Waals surface area contributed by atoms with Gasteiger partial charge in [-0.25, -0.2) is 9.18 Å². The molecular formula is C33H41FO3. The summed E-state index contributed by atoms with van der Waals surface area (Å²) in [6.45, 7) is 4.96. The first kappa shape index (κ1) is 27.2. The van der Waals surface area contributed by atoms with E-state index in [1.54, 1.807) is 24.3 Å². The van der Waals surface area contributed by atoms with Gasteiger partial charge in [0.1, 0.15) is 17.3 Å². The SMILES string of the molecule is CCCOc1ccc(OC(=O)c2ccc(C3=CCC(C=CC4CCC(CCC)CC4)CC3)cc2F)cc1. The van der Waals surface area contributed by atoms with Gasteiger partial charge in [0.15, 0.2) is 0 Å². The average Bonchev–Trinajstić information content (AvgIpc) is 2.92. The number of halogens is 1. The molecule has 4 heteroatoms. The third-order valence-corrected chi connectivity index (χ3v) is 7.76. The quantitative estimate of drug-likeness (QED) is 0.184. The van der Waals surface area contributed by atoms with Gasteiger partial charge in [-0.05, 0) is 117 Å². The highest BCUT2D eigenvalue weighted by atomic mass is 19.1. The van der Waals surface area contributed by atoms with E-state index in [4.69, 9.17) is 9.47 Å². The minimum Gasteiger partial charge on any atom is -0.494 e. The summed E-state index contributed by atoms with van der Waals surface area (Å²) in [6.07, 6.45) is 19.2. The van der Waals surface area contributed by atoms with Crippen LogP contribution in [-0.2, 0) is 0 Å². The summed E-state index contributed by atoms with van der Waals surface area (Å²) < 4.78 is 25.8. The smallest absolute Gasteiger partial charge is 0.346 e. The van der Waals surface area contributed by atoms with Crippen molar-refractivity contribution in [2.45, 2.75) is 78.1 Å². The number of rotatable bonds is 10. The Balaban J connectivity index is 1.29. The van der Waals surface area contributed by atoms with Crippen LogP contribution < -0.4 is 9.47 Å². The lowest BCUT2D eigenvalue weighted by Crippen LogP contribution is -2.13. The van der Waals surface area contributed by atoms with Gasteiger partial charge >= 0.3 is 5.97 Å². The summed E-state index contributed by atoms with van der Waals surface area (Å²) in [4.78, 5) is 12.6. The van der Waals surface area contributed by atoms with Gasteiger partial charge in [0.05, 0.1) is 12.2 Å². The molecule has 2 aliphatic rings. The van der Waals surface area contributed by atoms with E-state index in [0.29, 0.717) is 24.0 Å². The van der Waals surface area contributed by atoms with Gasteiger partial charge in [-0.3, -0.25) is 0 Å². The van der Waals surface area contributed by atoms with E-state index in [1.165, 1.54) is 50.7 Å². The summed E-state index contributed by atoms with van der Waals surface area (Å²) in [5, 5.41) is 0. The molecule has 198 valence electrons. The molecule has 0 heterocycles. The summed E-state index contributed by atoms with van der Waals surface area (Å²) in [5.74, 6) is 2.08.